The van der Waals surface area contributed by atoms with Crippen molar-refractivity contribution in [1.29, 1.82) is 0 Å². The molecule has 0 spiro atoms. The molecule has 2 atom stereocenters. The van der Waals surface area contributed by atoms with Gasteiger partial charge in [0.25, 0.3) is 5.91 Å². The highest BCUT2D eigenvalue weighted by Gasteiger charge is 2.40. The molecule has 2 heterocycles. The van der Waals surface area contributed by atoms with Crippen LogP contribution in [-0.2, 0) is 0 Å². The highest BCUT2D eigenvalue weighted by atomic mass is 16.2. The highest BCUT2D eigenvalue weighted by molar-refractivity contribution is 5.94. The molecule has 90 valence electrons. The van der Waals surface area contributed by atoms with E-state index in [1.165, 1.54) is 12.5 Å². The maximum atomic E-state index is 12.3. The fourth-order valence-electron chi connectivity index (χ4n) is 3.07. The minimum absolute atomic E-state index is 0.0987. The lowest BCUT2D eigenvalue weighted by molar-refractivity contribution is 0.0702. The molecule has 4 nitrogen and oxygen atoms in total. The van der Waals surface area contributed by atoms with Crippen LogP contribution in [0.1, 0.15) is 35.3 Å². The number of likely N-dealkylation sites (tertiary alicyclic amines) is 1. The summed E-state index contributed by atoms with van der Waals surface area (Å²) in [5, 5.41) is 0. The maximum absolute atomic E-state index is 12.3. The Morgan fingerprint density at radius 1 is 1.47 bits per heavy atom. The van der Waals surface area contributed by atoms with Crippen LogP contribution < -0.4 is 5.43 Å². The number of aromatic nitrogens is 1. The third kappa shape index (κ3) is 1.68. The van der Waals surface area contributed by atoms with E-state index in [-0.39, 0.29) is 16.9 Å². The number of hydrogen-bond donors (Lipinski definition) is 1. The minimum atomic E-state index is -0.172. The SMILES string of the molecule is Cc1cc(=O)c(C(=O)N2CC3CCC2C3)c[nH]1. The quantitative estimate of drug-likeness (QED) is 0.793. The minimum Gasteiger partial charge on any atom is -0.364 e. The van der Waals surface area contributed by atoms with Gasteiger partial charge in [-0.3, -0.25) is 9.59 Å². The molecular weight excluding hydrogens is 216 g/mol. The zero-order chi connectivity index (χ0) is 12.0. The summed E-state index contributed by atoms with van der Waals surface area (Å²) in [5.41, 5.74) is 0.895. The van der Waals surface area contributed by atoms with E-state index in [0.29, 0.717) is 12.0 Å². The number of aromatic amines is 1. The normalized spacial score (nSPS) is 26.5. The van der Waals surface area contributed by atoms with Crippen LogP contribution in [0.4, 0.5) is 0 Å². The Balaban J connectivity index is 1.89. The van der Waals surface area contributed by atoms with Crippen LogP contribution >= 0.6 is 0 Å². The summed E-state index contributed by atoms with van der Waals surface area (Å²) in [6.45, 7) is 2.64. The molecule has 2 fully saturated rings. The molecule has 2 bridgehead atoms. The van der Waals surface area contributed by atoms with Gasteiger partial charge in [-0.15, -0.1) is 0 Å². The van der Waals surface area contributed by atoms with E-state index < -0.39 is 0 Å². The van der Waals surface area contributed by atoms with Gasteiger partial charge in [-0.2, -0.15) is 0 Å². The van der Waals surface area contributed by atoms with Crippen LogP contribution in [0.3, 0.4) is 0 Å². The molecule has 1 saturated carbocycles. The van der Waals surface area contributed by atoms with Crippen molar-refractivity contribution >= 4 is 5.91 Å². The molecule has 3 rings (SSSR count). The van der Waals surface area contributed by atoms with Gasteiger partial charge in [0.05, 0.1) is 0 Å². The van der Waals surface area contributed by atoms with Crippen molar-refractivity contribution in [3.05, 3.63) is 33.7 Å². The predicted molar refractivity (Wildman–Crippen MR) is 64.0 cm³/mol. The second-order valence-electron chi connectivity index (χ2n) is 5.18. The van der Waals surface area contributed by atoms with Crippen molar-refractivity contribution in [3.63, 3.8) is 0 Å². The van der Waals surface area contributed by atoms with Crippen LogP contribution in [0.15, 0.2) is 17.1 Å². The second-order valence-corrected chi connectivity index (χ2v) is 5.18. The number of carbonyl (C=O) groups excluding carboxylic acids is 1. The first-order valence-corrected chi connectivity index (χ1v) is 6.15. The summed E-state index contributed by atoms with van der Waals surface area (Å²) in [6.07, 6.45) is 5.00. The van der Waals surface area contributed by atoms with Crippen molar-refractivity contribution < 1.29 is 4.79 Å². The summed E-state index contributed by atoms with van der Waals surface area (Å²) in [6, 6.07) is 1.86. The Morgan fingerprint density at radius 2 is 2.29 bits per heavy atom. The molecule has 0 radical (unpaired) electrons. The van der Waals surface area contributed by atoms with E-state index in [9.17, 15) is 9.59 Å². The van der Waals surface area contributed by atoms with E-state index in [1.807, 2.05) is 11.8 Å². The fraction of sp³-hybridized carbons (Fsp3) is 0.538. The van der Waals surface area contributed by atoms with Gasteiger partial charge >= 0.3 is 0 Å². The number of rotatable bonds is 1. The molecular formula is C13H16N2O2. The Morgan fingerprint density at radius 3 is 2.88 bits per heavy atom. The van der Waals surface area contributed by atoms with E-state index in [2.05, 4.69) is 4.98 Å². The van der Waals surface area contributed by atoms with Crippen molar-refractivity contribution in [2.75, 3.05) is 6.54 Å². The van der Waals surface area contributed by atoms with Crippen molar-refractivity contribution in [2.24, 2.45) is 5.92 Å². The van der Waals surface area contributed by atoms with Gasteiger partial charge in [0.2, 0.25) is 0 Å². The number of carbonyl (C=O) groups is 1. The van der Waals surface area contributed by atoms with Crippen LogP contribution in [0.25, 0.3) is 0 Å². The lowest BCUT2D eigenvalue weighted by atomic mass is 10.1. The topological polar surface area (TPSA) is 53.2 Å². The molecule has 0 aromatic carbocycles. The zero-order valence-corrected chi connectivity index (χ0v) is 9.90. The molecule has 1 aliphatic heterocycles. The zero-order valence-electron chi connectivity index (χ0n) is 9.90. The Hall–Kier alpha value is -1.58. The first-order chi connectivity index (χ1) is 8.15. The third-order valence-corrected chi connectivity index (χ3v) is 3.96. The first kappa shape index (κ1) is 10.6. The summed E-state index contributed by atoms with van der Waals surface area (Å²) < 4.78 is 0. The summed E-state index contributed by atoms with van der Waals surface area (Å²) in [4.78, 5) is 28.9. The molecule has 2 unspecified atom stereocenters. The summed E-state index contributed by atoms with van der Waals surface area (Å²) >= 11 is 0. The van der Waals surface area contributed by atoms with E-state index in [0.717, 1.165) is 25.1 Å². The van der Waals surface area contributed by atoms with Gasteiger partial charge in [0.15, 0.2) is 5.43 Å². The van der Waals surface area contributed by atoms with Gasteiger partial charge in [-0.1, -0.05) is 0 Å². The van der Waals surface area contributed by atoms with Gasteiger partial charge in [0.1, 0.15) is 5.56 Å². The third-order valence-electron chi connectivity index (χ3n) is 3.96. The van der Waals surface area contributed by atoms with Crippen LogP contribution in [0.2, 0.25) is 0 Å². The predicted octanol–water partition coefficient (Wildman–Crippen LogP) is 1.31. The number of fused-ring (bicyclic) bond motifs is 2. The molecule has 4 heteroatoms. The molecule has 1 amide bonds. The number of piperidine rings is 1. The van der Waals surface area contributed by atoms with Crippen molar-refractivity contribution in [3.8, 4) is 0 Å². The molecule has 1 aromatic heterocycles. The Labute approximate surface area is 99.6 Å². The van der Waals surface area contributed by atoms with Crippen molar-refractivity contribution in [2.45, 2.75) is 32.2 Å². The standard InChI is InChI=1S/C13H16N2O2/c1-8-4-12(16)11(6-14-8)13(17)15-7-9-2-3-10(15)5-9/h4,6,9-10H,2-3,5,7H2,1H3,(H,14,16). The van der Waals surface area contributed by atoms with Crippen LogP contribution in [0, 0.1) is 12.8 Å². The van der Waals surface area contributed by atoms with E-state index in [4.69, 9.17) is 0 Å². The average Bonchev–Trinajstić information content (AvgIpc) is 2.89. The summed E-state index contributed by atoms with van der Waals surface area (Å²) in [5.74, 6) is 0.562. The molecule has 17 heavy (non-hydrogen) atoms. The lowest BCUT2D eigenvalue weighted by Gasteiger charge is -2.26. The Kier molecular flexibility index (Phi) is 2.31. The average molecular weight is 232 g/mol. The fourth-order valence-corrected chi connectivity index (χ4v) is 3.07. The number of nitrogens with one attached hydrogen (secondary N) is 1. The number of aryl methyl sites for hydroxylation is 1. The van der Waals surface area contributed by atoms with Gasteiger partial charge in [-0.25, -0.2) is 0 Å². The monoisotopic (exact) mass is 232 g/mol. The lowest BCUT2D eigenvalue weighted by Crippen LogP contribution is -2.39. The molecule has 2 aliphatic rings. The van der Waals surface area contributed by atoms with Crippen LogP contribution in [0.5, 0.6) is 0 Å². The van der Waals surface area contributed by atoms with E-state index in [1.54, 1.807) is 6.20 Å². The molecule has 1 N–H and O–H groups in total. The number of pyridine rings is 1. The smallest absolute Gasteiger partial charge is 0.259 e. The summed E-state index contributed by atoms with van der Waals surface area (Å²) in [7, 11) is 0. The number of nitrogens with zero attached hydrogens (tertiary/aromatic N) is 1. The molecule has 1 aromatic rings. The highest BCUT2D eigenvalue weighted by Crippen LogP contribution is 2.37. The Bertz CT molecular complexity index is 520. The molecule has 1 aliphatic carbocycles. The number of amides is 1. The largest absolute Gasteiger partial charge is 0.364 e. The van der Waals surface area contributed by atoms with Gasteiger partial charge in [-0.05, 0) is 32.1 Å². The number of hydrogen-bond acceptors (Lipinski definition) is 2. The van der Waals surface area contributed by atoms with Gasteiger partial charge in [0, 0.05) is 30.5 Å². The molecule has 1 saturated heterocycles. The van der Waals surface area contributed by atoms with Crippen LogP contribution in [-0.4, -0.2) is 28.4 Å². The van der Waals surface area contributed by atoms with Crippen molar-refractivity contribution in [1.82, 2.24) is 9.88 Å². The maximum Gasteiger partial charge on any atom is 0.259 e. The van der Waals surface area contributed by atoms with Gasteiger partial charge < -0.3 is 9.88 Å². The van der Waals surface area contributed by atoms with E-state index >= 15 is 0 Å². The first-order valence-electron chi connectivity index (χ1n) is 6.15. The second kappa shape index (κ2) is 3.72. The number of H-pyrrole nitrogens is 1.